The van der Waals surface area contributed by atoms with E-state index in [2.05, 4.69) is 27.5 Å². The Balaban J connectivity index is 1.20. The largest absolute Gasteiger partial charge is 0.473 e. The summed E-state index contributed by atoms with van der Waals surface area (Å²) >= 11 is 0. The normalized spacial score (nSPS) is 27.7. The second kappa shape index (κ2) is 10.1. The van der Waals surface area contributed by atoms with Crippen molar-refractivity contribution < 1.29 is 13.7 Å². The Morgan fingerprint density at radius 2 is 2.09 bits per heavy atom. The summed E-state index contributed by atoms with van der Waals surface area (Å²) in [5, 5.41) is 18.4. The summed E-state index contributed by atoms with van der Waals surface area (Å²) < 4.78 is 26.9. The average Bonchev–Trinajstić information content (AvgIpc) is 3.30. The number of anilines is 2. The van der Waals surface area contributed by atoms with E-state index < -0.39 is 11.6 Å². The minimum atomic E-state index is -0.852. The molecule has 3 N–H and O–H groups in total. The van der Waals surface area contributed by atoms with Gasteiger partial charge < -0.3 is 25.2 Å². The Morgan fingerprint density at radius 1 is 1.23 bits per heavy atom. The van der Waals surface area contributed by atoms with Crippen molar-refractivity contribution in [3.05, 3.63) is 46.2 Å². The first-order valence-electron chi connectivity index (χ1n) is 16.0. The van der Waals surface area contributed by atoms with Crippen LogP contribution in [0.15, 0.2) is 22.7 Å². The van der Waals surface area contributed by atoms with Gasteiger partial charge in [0.1, 0.15) is 24.2 Å². The zero-order chi connectivity index (χ0) is 30.2. The maximum absolute atomic E-state index is 14.2. The summed E-state index contributed by atoms with van der Waals surface area (Å²) in [7, 11) is 1.95. The number of piperazine rings is 1. The number of aryl methyl sites for hydroxylation is 1. The number of ether oxygens (including phenoxy) is 1. The molecule has 44 heavy (non-hydrogen) atoms. The van der Waals surface area contributed by atoms with Crippen LogP contribution in [0.3, 0.4) is 0 Å². The number of aromatic nitrogens is 3. The molecule has 11 heteroatoms. The van der Waals surface area contributed by atoms with Gasteiger partial charge in [0.25, 0.3) is 0 Å². The van der Waals surface area contributed by atoms with Gasteiger partial charge in [-0.2, -0.15) is 10.2 Å². The molecule has 1 saturated carbocycles. The average molecular weight is 599 g/mol. The van der Waals surface area contributed by atoms with Crippen LogP contribution in [0.4, 0.5) is 15.9 Å². The molecule has 4 atom stereocenters. The number of nitriles is 1. The van der Waals surface area contributed by atoms with E-state index in [1.165, 1.54) is 0 Å². The smallest absolute Gasteiger partial charge is 0.219 e. The number of benzene rings is 1. The fourth-order valence-corrected chi connectivity index (χ4v) is 8.42. The summed E-state index contributed by atoms with van der Waals surface area (Å²) in [6.45, 7) is 5.00. The SMILES string of the molecule is C[C@H](Oc1cc(N2CCNC3(CC3)C2)nc(-c2noc3c2CCCC32CCc3ccc(N)c(C#N)c32)n1)[C@@H]1C[C@@H](F)CN1C. The highest BCUT2D eigenvalue weighted by atomic mass is 19.1. The van der Waals surface area contributed by atoms with Gasteiger partial charge in [0, 0.05) is 55.1 Å². The molecule has 3 aromatic rings. The second-order valence-electron chi connectivity index (χ2n) is 13.6. The highest BCUT2D eigenvalue weighted by Gasteiger charge is 2.50. The predicted octanol–water partition coefficient (Wildman–Crippen LogP) is 3.91. The van der Waals surface area contributed by atoms with Gasteiger partial charge >= 0.3 is 0 Å². The number of nitrogens with zero attached hydrogens (tertiary/aromatic N) is 6. The lowest BCUT2D eigenvalue weighted by molar-refractivity contribution is 0.117. The summed E-state index contributed by atoms with van der Waals surface area (Å²) in [5.41, 5.74) is 10.9. The van der Waals surface area contributed by atoms with Crippen molar-refractivity contribution in [1.29, 1.82) is 5.26 Å². The van der Waals surface area contributed by atoms with Gasteiger partial charge in [-0.1, -0.05) is 11.2 Å². The minimum absolute atomic E-state index is 0.0374. The molecule has 0 bridgehead atoms. The van der Waals surface area contributed by atoms with E-state index in [9.17, 15) is 9.65 Å². The van der Waals surface area contributed by atoms with Crippen LogP contribution in [-0.2, 0) is 18.3 Å². The Bertz CT molecular complexity index is 1660. The number of rotatable bonds is 5. The molecule has 0 radical (unpaired) electrons. The van der Waals surface area contributed by atoms with Crippen LogP contribution in [0, 0.1) is 11.3 Å². The quantitative estimate of drug-likeness (QED) is 0.417. The molecule has 2 spiro atoms. The van der Waals surface area contributed by atoms with E-state index in [0.717, 1.165) is 92.8 Å². The third-order valence-corrected chi connectivity index (χ3v) is 10.8. The number of alkyl halides is 1. The molecule has 230 valence electrons. The monoisotopic (exact) mass is 598 g/mol. The molecular formula is C33H39FN8O2. The highest BCUT2D eigenvalue weighted by Crippen LogP contribution is 2.54. The van der Waals surface area contributed by atoms with E-state index in [1.54, 1.807) is 0 Å². The lowest BCUT2D eigenvalue weighted by Crippen LogP contribution is -2.52. The van der Waals surface area contributed by atoms with Crippen LogP contribution in [0.1, 0.15) is 73.5 Å². The number of hydrogen-bond donors (Lipinski definition) is 2. The fraction of sp³-hybridized carbons (Fsp3) is 0.576. The van der Waals surface area contributed by atoms with Crippen LogP contribution in [0.5, 0.6) is 5.88 Å². The number of likely N-dealkylation sites (N-methyl/N-ethyl adjacent to an activating group) is 1. The van der Waals surface area contributed by atoms with Crippen LogP contribution in [0.2, 0.25) is 0 Å². The highest BCUT2D eigenvalue weighted by molar-refractivity contribution is 5.68. The number of likely N-dealkylation sites (tertiary alicyclic amines) is 1. The van der Waals surface area contributed by atoms with Gasteiger partial charge in [0.05, 0.1) is 11.0 Å². The molecule has 0 amide bonds. The summed E-state index contributed by atoms with van der Waals surface area (Å²) in [4.78, 5) is 14.3. The summed E-state index contributed by atoms with van der Waals surface area (Å²) in [6.07, 6.45) is 5.97. The predicted molar refractivity (Wildman–Crippen MR) is 163 cm³/mol. The number of nitrogens with two attached hydrogens (primary N) is 1. The van der Waals surface area contributed by atoms with Gasteiger partial charge in [0.15, 0.2) is 17.3 Å². The molecule has 2 saturated heterocycles. The Labute approximate surface area is 256 Å². The molecule has 8 rings (SSSR count). The van der Waals surface area contributed by atoms with Crippen LogP contribution in [-0.4, -0.2) is 77.1 Å². The topological polar surface area (TPSA) is 129 Å². The molecule has 5 aliphatic rings. The number of hydrogen-bond acceptors (Lipinski definition) is 10. The number of fused-ring (bicyclic) bond motifs is 4. The van der Waals surface area contributed by atoms with Gasteiger partial charge in [0.2, 0.25) is 5.88 Å². The fourth-order valence-electron chi connectivity index (χ4n) is 8.42. The lowest BCUT2D eigenvalue weighted by atomic mass is 9.68. The summed E-state index contributed by atoms with van der Waals surface area (Å²) in [6, 6.07) is 8.16. The molecule has 10 nitrogen and oxygen atoms in total. The minimum Gasteiger partial charge on any atom is -0.473 e. The third-order valence-electron chi connectivity index (χ3n) is 10.8. The van der Waals surface area contributed by atoms with E-state index in [1.807, 2.05) is 31.0 Å². The molecule has 3 fully saturated rings. The molecule has 1 unspecified atom stereocenters. The van der Waals surface area contributed by atoms with Gasteiger partial charge in [-0.3, -0.25) is 4.90 Å². The van der Waals surface area contributed by atoms with Crippen molar-refractivity contribution in [2.24, 2.45) is 0 Å². The Hall–Kier alpha value is -3.75. The van der Waals surface area contributed by atoms with Crippen LogP contribution in [0.25, 0.3) is 11.5 Å². The first kappa shape index (κ1) is 27.8. The van der Waals surface area contributed by atoms with Crippen molar-refractivity contribution in [3.8, 4) is 23.5 Å². The number of halogens is 1. The van der Waals surface area contributed by atoms with E-state index >= 15 is 0 Å². The zero-order valence-electron chi connectivity index (χ0n) is 25.4. The van der Waals surface area contributed by atoms with Crippen molar-refractivity contribution in [1.82, 2.24) is 25.3 Å². The Kier molecular flexibility index (Phi) is 6.40. The van der Waals surface area contributed by atoms with E-state index in [-0.39, 0.29) is 17.7 Å². The van der Waals surface area contributed by atoms with Crippen molar-refractivity contribution in [3.63, 3.8) is 0 Å². The maximum atomic E-state index is 14.2. The van der Waals surface area contributed by atoms with E-state index in [4.69, 9.17) is 25.0 Å². The molecule has 2 aliphatic heterocycles. The molecule has 2 aromatic heterocycles. The first-order chi connectivity index (χ1) is 21.3. The van der Waals surface area contributed by atoms with Crippen LogP contribution >= 0.6 is 0 Å². The number of nitrogen functional groups attached to an aromatic ring is 1. The number of nitrogens with one attached hydrogen (secondary N) is 1. The molecule has 4 heterocycles. The standard InChI is InChI=1S/C33H39FN8O2/c1-19(25-14-21(34)17-41(25)2)43-27-15-26(42-13-12-37-32(18-42)10-11-32)38-31(39-27)29-22-4-3-8-33(30(22)44-40-29)9-7-20-5-6-24(36)23(16-35)28(20)33/h5-6,15,19,21,25,37H,3-4,7-14,17-18,36H2,1-2H3/t19-,21+,25-,33?/m0/s1. The second-order valence-corrected chi connectivity index (χ2v) is 13.6. The zero-order valence-corrected chi connectivity index (χ0v) is 25.4. The lowest BCUT2D eigenvalue weighted by Gasteiger charge is -2.35. The van der Waals surface area contributed by atoms with Gasteiger partial charge in [-0.05, 0) is 82.5 Å². The first-order valence-corrected chi connectivity index (χ1v) is 16.0. The maximum Gasteiger partial charge on any atom is 0.219 e. The summed E-state index contributed by atoms with van der Waals surface area (Å²) in [5.74, 6) is 2.56. The Morgan fingerprint density at radius 3 is 2.86 bits per heavy atom. The van der Waals surface area contributed by atoms with Gasteiger partial charge in [-0.25, -0.2) is 9.37 Å². The van der Waals surface area contributed by atoms with Crippen LogP contribution < -0.4 is 20.7 Å². The van der Waals surface area contributed by atoms with Gasteiger partial charge in [-0.15, -0.1) is 0 Å². The molecular weight excluding hydrogens is 559 g/mol. The van der Waals surface area contributed by atoms with Crippen molar-refractivity contribution in [2.75, 3.05) is 43.9 Å². The van der Waals surface area contributed by atoms with E-state index in [0.29, 0.717) is 41.6 Å². The molecule has 1 aromatic carbocycles. The van der Waals surface area contributed by atoms with Crippen molar-refractivity contribution >= 4 is 11.5 Å². The third kappa shape index (κ3) is 4.37. The van der Waals surface area contributed by atoms with Crippen molar-refractivity contribution in [2.45, 2.75) is 87.6 Å². The molecule has 3 aliphatic carbocycles.